The van der Waals surface area contributed by atoms with E-state index in [1.165, 1.54) is 0 Å². The summed E-state index contributed by atoms with van der Waals surface area (Å²) in [5.74, 6) is 2.30. The highest BCUT2D eigenvalue weighted by atomic mass is 16.5. The summed E-state index contributed by atoms with van der Waals surface area (Å²) >= 11 is 0. The van der Waals surface area contributed by atoms with E-state index in [2.05, 4.69) is 22.2 Å². The molecule has 0 fully saturated rings. The van der Waals surface area contributed by atoms with Gasteiger partial charge in [0.1, 0.15) is 5.82 Å². The quantitative estimate of drug-likeness (QED) is 0.797. The van der Waals surface area contributed by atoms with E-state index in [0.29, 0.717) is 0 Å². The lowest BCUT2D eigenvalue weighted by Gasteiger charge is -2.11. The maximum atomic E-state index is 5.24. The van der Waals surface area contributed by atoms with Crippen LogP contribution in [0, 0.1) is 13.8 Å². The molecule has 0 aliphatic heterocycles. The molecule has 1 aromatic heterocycles. The molecule has 1 N–H and O–H groups in total. The summed E-state index contributed by atoms with van der Waals surface area (Å²) in [6.45, 7) is 6.81. The predicted molar refractivity (Wildman–Crippen MR) is 56.8 cm³/mol. The Morgan fingerprint density at radius 1 is 1.29 bits per heavy atom. The van der Waals surface area contributed by atoms with Gasteiger partial charge < -0.3 is 10.1 Å². The van der Waals surface area contributed by atoms with Crippen molar-refractivity contribution >= 4 is 5.82 Å². The summed E-state index contributed by atoms with van der Waals surface area (Å²) in [4.78, 5) is 8.53. The molecular weight excluding hydrogens is 178 g/mol. The van der Waals surface area contributed by atoms with E-state index >= 15 is 0 Å². The van der Waals surface area contributed by atoms with Crippen molar-refractivity contribution in [1.82, 2.24) is 9.97 Å². The highest BCUT2D eigenvalue weighted by molar-refractivity contribution is 5.52. The van der Waals surface area contributed by atoms with Gasteiger partial charge in [0.25, 0.3) is 0 Å². The van der Waals surface area contributed by atoms with Crippen LogP contribution in [0.25, 0.3) is 0 Å². The molecule has 1 heterocycles. The number of hydrogen-bond acceptors (Lipinski definition) is 4. The summed E-state index contributed by atoms with van der Waals surface area (Å²) in [6, 6.07) is 0. The van der Waals surface area contributed by atoms with Crippen LogP contribution in [0.5, 0.6) is 5.75 Å². The van der Waals surface area contributed by atoms with Crippen LogP contribution in [-0.2, 0) is 0 Å². The van der Waals surface area contributed by atoms with E-state index in [1.54, 1.807) is 7.11 Å². The number of rotatable bonds is 4. The molecule has 0 spiro atoms. The Labute approximate surface area is 84.7 Å². The van der Waals surface area contributed by atoms with Crippen molar-refractivity contribution in [3.63, 3.8) is 0 Å². The average Bonchev–Trinajstić information content (AvgIpc) is 2.14. The Balaban J connectivity index is 2.99. The van der Waals surface area contributed by atoms with E-state index in [1.807, 2.05) is 13.8 Å². The van der Waals surface area contributed by atoms with Crippen molar-refractivity contribution < 1.29 is 4.74 Å². The maximum Gasteiger partial charge on any atom is 0.182 e. The second-order valence-corrected chi connectivity index (χ2v) is 3.16. The second kappa shape index (κ2) is 4.79. The number of nitrogens with zero attached hydrogens (tertiary/aromatic N) is 2. The summed E-state index contributed by atoms with van der Waals surface area (Å²) in [5.41, 5.74) is 0.874. The SMILES string of the molecule is CCCNc1nc(C)nc(C)c1OC. The van der Waals surface area contributed by atoms with Crippen molar-refractivity contribution in [2.75, 3.05) is 19.0 Å². The molecule has 0 saturated heterocycles. The minimum atomic E-state index is 0.740. The first kappa shape index (κ1) is 10.8. The van der Waals surface area contributed by atoms with Gasteiger partial charge in [0.15, 0.2) is 11.6 Å². The Morgan fingerprint density at radius 2 is 2.00 bits per heavy atom. The number of anilines is 1. The third-order valence-electron chi connectivity index (χ3n) is 1.89. The molecule has 0 atom stereocenters. The number of methoxy groups -OCH3 is 1. The lowest BCUT2D eigenvalue weighted by molar-refractivity contribution is 0.408. The second-order valence-electron chi connectivity index (χ2n) is 3.16. The first-order chi connectivity index (χ1) is 6.69. The number of aryl methyl sites for hydroxylation is 2. The summed E-state index contributed by atoms with van der Waals surface area (Å²) < 4.78 is 5.24. The van der Waals surface area contributed by atoms with Crippen molar-refractivity contribution in [1.29, 1.82) is 0 Å². The van der Waals surface area contributed by atoms with Crippen LogP contribution in [0.3, 0.4) is 0 Å². The number of ether oxygens (including phenoxy) is 1. The van der Waals surface area contributed by atoms with E-state index in [0.717, 1.165) is 36.1 Å². The molecule has 0 aliphatic carbocycles. The van der Waals surface area contributed by atoms with Gasteiger partial charge in [-0.3, -0.25) is 0 Å². The van der Waals surface area contributed by atoms with Crippen LogP contribution < -0.4 is 10.1 Å². The highest BCUT2D eigenvalue weighted by Crippen LogP contribution is 2.24. The van der Waals surface area contributed by atoms with Crippen LogP contribution in [0.1, 0.15) is 24.9 Å². The molecule has 78 valence electrons. The number of aromatic nitrogens is 2. The highest BCUT2D eigenvalue weighted by Gasteiger charge is 2.09. The summed E-state index contributed by atoms with van der Waals surface area (Å²) in [5, 5.41) is 3.22. The molecule has 0 aliphatic rings. The molecule has 0 saturated carbocycles. The van der Waals surface area contributed by atoms with Crippen LogP contribution in [0.2, 0.25) is 0 Å². The topological polar surface area (TPSA) is 47.0 Å². The van der Waals surface area contributed by atoms with E-state index in [-0.39, 0.29) is 0 Å². The number of nitrogens with one attached hydrogen (secondary N) is 1. The minimum Gasteiger partial charge on any atom is -0.491 e. The lowest BCUT2D eigenvalue weighted by Crippen LogP contribution is -2.07. The van der Waals surface area contributed by atoms with E-state index in [9.17, 15) is 0 Å². The molecule has 14 heavy (non-hydrogen) atoms. The van der Waals surface area contributed by atoms with E-state index < -0.39 is 0 Å². The van der Waals surface area contributed by atoms with Crippen molar-refractivity contribution in [2.24, 2.45) is 0 Å². The zero-order valence-electron chi connectivity index (χ0n) is 9.22. The molecule has 0 unspecified atom stereocenters. The fourth-order valence-corrected chi connectivity index (χ4v) is 1.31. The molecule has 0 radical (unpaired) electrons. The molecule has 4 nitrogen and oxygen atoms in total. The first-order valence-corrected chi connectivity index (χ1v) is 4.82. The normalized spacial score (nSPS) is 10.0. The third kappa shape index (κ3) is 2.34. The van der Waals surface area contributed by atoms with Gasteiger partial charge in [0.2, 0.25) is 0 Å². The van der Waals surface area contributed by atoms with Crippen LogP contribution in [0.4, 0.5) is 5.82 Å². The molecule has 1 aromatic rings. The van der Waals surface area contributed by atoms with Crippen molar-refractivity contribution in [3.8, 4) is 5.75 Å². The van der Waals surface area contributed by atoms with Gasteiger partial charge in [0, 0.05) is 6.54 Å². The van der Waals surface area contributed by atoms with Crippen LogP contribution in [-0.4, -0.2) is 23.6 Å². The largest absolute Gasteiger partial charge is 0.491 e. The van der Waals surface area contributed by atoms with Crippen LogP contribution in [0.15, 0.2) is 0 Å². The minimum absolute atomic E-state index is 0.740. The van der Waals surface area contributed by atoms with Crippen LogP contribution >= 0.6 is 0 Å². The van der Waals surface area contributed by atoms with Crippen molar-refractivity contribution in [2.45, 2.75) is 27.2 Å². The molecule has 0 bridgehead atoms. The van der Waals surface area contributed by atoms with Crippen molar-refractivity contribution in [3.05, 3.63) is 11.5 Å². The average molecular weight is 195 g/mol. The van der Waals surface area contributed by atoms with Gasteiger partial charge in [-0.05, 0) is 20.3 Å². The maximum absolute atomic E-state index is 5.24. The Hall–Kier alpha value is -1.32. The summed E-state index contributed by atoms with van der Waals surface area (Å²) in [7, 11) is 1.64. The van der Waals surface area contributed by atoms with Gasteiger partial charge >= 0.3 is 0 Å². The predicted octanol–water partition coefficient (Wildman–Crippen LogP) is 1.92. The van der Waals surface area contributed by atoms with Gasteiger partial charge in [-0.25, -0.2) is 9.97 Å². The zero-order valence-corrected chi connectivity index (χ0v) is 9.22. The fourth-order valence-electron chi connectivity index (χ4n) is 1.31. The standard InChI is InChI=1S/C10H17N3O/c1-5-6-11-10-9(14-4)7(2)12-8(3)13-10/h5-6H2,1-4H3,(H,11,12,13). The van der Waals surface area contributed by atoms with Gasteiger partial charge in [-0.2, -0.15) is 0 Å². The first-order valence-electron chi connectivity index (χ1n) is 4.82. The smallest absolute Gasteiger partial charge is 0.182 e. The zero-order chi connectivity index (χ0) is 10.6. The Bertz CT molecular complexity index is 312. The van der Waals surface area contributed by atoms with Gasteiger partial charge in [-0.15, -0.1) is 0 Å². The fraction of sp³-hybridized carbons (Fsp3) is 0.600. The third-order valence-corrected chi connectivity index (χ3v) is 1.89. The van der Waals surface area contributed by atoms with Gasteiger partial charge in [0.05, 0.1) is 12.8 Å². The Morgan fingerprint density at radius 3 is 2.57 bits per heavy atom. The molecular formula is C10H17N3O. The summed E-state index contributed by atoms with van der Waals surface area (Å²) in [6.07, 6.45) is 1.06. The van der Waals surface area contributed by atoms with E-state index in [4.69, 9.17) is 4.74 Å². The molecule has 0 amide bonds. The lowest BCUT2D eigenvalue weighted by atomic mass is 10.3. The molecule has 4 heteroatoms. The molecule has 1 rings (SSSR count). The Kier molecular flexibility index (Phi) is 3.68. The van der Waals surface area contributed by atoms with Gasteiger partial charge in [-0.1, -0.05) is 6.92 Å². The number of hydrogen-bond donors (Lipinski definition) is 1. The monoisotopic (exact) mass is 195 g/mol. The molecule has 0 aromatic carbocycles.